The number of hydrogen-bond donors (Lipinski definition) is 0. The molecular weight excluding hydrogens is 394 g/mol. The highest BCUT2D eigenvalue weighted by atomic mass is 32.2. The molecular formula is C20H19N3O5S. The van der Waals surface area contributed by atoms with Crippen molar-refractivity contribution in [2.75, 3.05) is 26.3 Å². The van der Waals surface area contributed by atoms with Gasteiger partial charge in [0.05, 0.1) is 35.3 Å². The van der Waals surface area contributed by atoms with E-state index in [0.29, 0.717) is 42.9 Å². The second-order valence-electron chi connectivity index (χ2n) is 6.48. The van der Waals surface area contributed by atoms with Crippen LogP contribution in [0, 0.1) is 0 Å². The lowest BCUT2D eigenvalue weighted by Gasteiger charge is -2.26. The Balaban J connectivity index is 1.47. The molecule has 8 nitrogen and oxygen atoms in total. The van der Waals surface area contributed by atoms with Gasteiger partial charge < -0.3 is 9.47 Å². The molecule has 0 atom stereocenters. The van der Waals surface area contributed by atoms with E-state index in [1.807, 2.05) is 12.1 Å². The molecule has 1 aromatic heterocycles. The highest BCUT2D eigenvalue weighted by Crippen LogP contribution is 2.19. The summed E-state index contributed by atoms with van der Waals surface area (Å²) in [6, 6.07) is 13.6. The Kier molecular flexibility index (Phi) is 5.52. The maximum atomic E-state index is 12.8. The first-order valence-electron chi connectivity index (χ1n) is 9.10. The third-order valence-corrected chi connectivity index (χ3v) is 6.43. The zero-order valence-corrected chi connectivity index (χ0v) is 16.3. The third kappa shape index (κ3) is 4.26. The molecule has 29 heavy (non-hydrogen) atoms. The molecule has 0 bridgehead atoms. The molecule has 1 saturated heterocycles. The maximum absolute atomic E-state index is 12.8. The molecule has 2 heterocycles. The van der Waals surface area contributed by atoms with E-state index in [4.69, 9.17) is 9.47 Å². The number of carbonyl (C=O) groups is 1. The van der Waals surface area contributed by atoms with Crippen molar-refractivity contribution < 1.29 is 22.7 Å². The van der Waals surface area contributed by atoms with E-state index in [1.54, 1.807) is 24.3 Å². The van der Waals surface area contributed by atoms with Crippen molar-refractivity contribution in [2.45, 2.75) is 11.5 Å². The molecule has 0 unspecified atom stereocenters. The Bertz CT molecular complexity index is 1140. The van der Waals surface area contributed by atoms with Gasteiger partial charge in [-0.05, 0) is 29.8 Å². The quantitative estimate of drug-likeness (QED) is 0.590. The van der Waals surface area contributed by atoms with Crippen molar-refractivity contribution in [3.05, 3.63) is 66.0 Å². The normalized spacial score (nSPS) is 15.3. The second kappa shape index (κ2) is 8.24. The van der Waals surface area contributed by atoms with Crippen LogP contribution in [-0.2, 0) is 26.1 Å². The number of sulfonamides is 1. The molecule has 2 aromatic carbocycles. The number of para-hydroxylation sites is 2. The van der Waals surface area contributed by atoms with Gasteiger partial charge in [-0.3, -0.25) is 4.98 Å². The summed E-state index contributed by atoms with van der Waals surface area (Å²) in [6.45, 7) is 1.33. The lowest BCUT2D eigenvalue weighted by Crippen LogP contribution is -2.40. The van der Waals surface area contributed by atoms with Crippen LogP contribution in [0.25, 0.3) is 11.0 Å². The van der Waals surface area contributed by atoms with E-state index >= 15 is 0 Å². The summed E-state index contributed by atoms with van der Waals surface area (Å²) in [5.74, 6) is -0.621. The van der Waals surface area contributed by atoms with Gasteiger partial charge in [0.25, 0.3) is 0 Å². The Morgan fingerprint density at radius 1 is 1.07 bits per heavy atom. The minimum absolute atomic E-state index is 0.0696. The van der Waals surface area contributed by atoms with Crippen molar-refractivity contribution in [3.63, 3.8) is 0 Å². The molecule has 150 valence electrons. The minimum atomic E-state index is -3.61. The van der Waals surface area contributed by atoms with Gasteiger partial charge in [-0.15, -0.1) is 0 Å². The lowest BCUT2D eigenvalue weighted by molar-refractivity contribution is 0.0465. The van der Waals surface area contributed by atoms with Crippen molar-refractivity contribution >= 4 is 27.0 Å². The Morgan fingerprint density at radius 2 is 1.83 bits per heavy atom. The van der Waals surface area contributed by atoms with Crippen LogP contribution in [0.1, 0.15) is 16.1 Å². The highest BCUT2D eigenvalue weighted by Gasteiger charge is 2.26. The second-order valence-corrected chi connectivity index (χ2v) is 8.42. The molecule has 0 N–H and O–H groups in total. The topological polar surface area (TPSA) is 98.7 Å². The average Bonchev–Trinajstić information content (AvgIpc) is 2.78. The molecule has 0 radical (unpaired) electrons. The van der Waals surface area contributed by atoms with E-state index < -0.39 is 16.0 Å². The summed E-state index contributed by atoms with van der Waals surface area (Å²) in [5, 5.41) is 0. The molecule has 0 aliphatic carbocycles. The van der Waals surface area contributed by atoms with Crippen molar-refractivity contribution in [1.29, 1.82) is 0 Å². The van der Waals surface area contributed by atoms with Crippen LogP contribution >= 0.6 is 0 Å². The molecule has 9 heteroatoms. The summed E-state index contributed by atoms with van der Waals surface area (Å²) < 4.78 is 37.5. The SMILES string of the molecule is O=C(OCc1cccc(S(=O)(=O)N2CCOCC2)c1)c1cnc2ccccc2n1. The van der Waals surface area contributed by atoms with Crippen molar-refractivity contribution in [2.24, 2.45) is 0 Å². The van der Waals surface area contributed by atoms with Gasteiger partial charge >= 0.3 is 5.97 Å². The molecule has 1 fully saturated rings. The summed E-state index contributed by atoms with van der Waals surface area (Å²) in [6.07, 6.45) is 1.37. The van der Waals surface area contributed by atoms with Gasteiger partial charge in [-0.1, -0.05) is 24.3 Å². The van der Waals surface area contributed by atoms with E-state index in [-0.39, 0.29) is 17.2 Å². The first-order valence-corrected chi connectivity index (χ1v) is 10.5. The predicted molar refractivity (Wildman–Crippen MR) is 105 cm³/mol. The highest BCUT2D eigenvalue weighted by molar-refractivity contribution is 7.89. The number of esters is 1. The number of aromatic nitrogens is 2. The molecule has 0 amide bonds. The van der Waals surface area contributed by atoms with E-state index in [0.717, 1.165) is 0 Å². The number of morpholine rings is 1. The fourth-order valence-electron chi connectivity index (χ4n) is 3.01. The molecule has 1 aliphatic rings. The molecule has 0 saturated carbocycles. The number of carbonyl (C=O) groups excluding carboxylic acids is 1. The number of ether oxygens (including phenoxy) is 2. The molecule has 0 spiro atoms. The monoisotopic (exact) mass is 413 g/mol. The summed E-state index contributed by atoms with van der Waals surface area (Å²) >= 11 is 0. The smallest absolute Gasteiger partial charge is 0.358 e. The first kappa shape index (κ1) is 19.4. The standard InChI is InChI=1S/C20H19N3O5S/c24-20(19-13-21-17-6-1-2-7-18(17)22-19)28-14-15-4-3-5-16(12-15)29(25,26)23-8-10-27-11-9-23/h1-7,12-13H,8-11,14H2. The molecule has 4 rings (SSSR count). The first-order chi connectivity index (χ1) is 14.0. The predicted octanol–water partition coefficient (Wildman–Crippen LogP) is 2.01. The van der Waals surface area contributed by atoms with Gasteiger partial charge in [0.1, 0.15) is 6.61 Å². The fraction of sp³-hybridized carbons (Fsp3) is 0.250. The van der Waals surface area contributed by atoms with Gasteiger partial charge in [-0.25, -0.2) is 18.2 Å². The zero-order valence-electron chi connectivity index (χ0n) is 15.5. The number of nitrogens with zero attached hydrogens (tertiary/aromatic N) is 3. The minimum Gasteiger partial charge on any atom is -0.456 e. The van der Waals surface area contributed by atoms with Crippen LogP contribution in [-0.4, -0.2) is 55.0 Å². The third-order valence-electron chi connectivity index (χ3n) is 4.53. The Labute approximate surface area is 168 Å². The fourth-order valence-corrected chi connectivity index (χ4v) is 4.49. The largest absolute Gasteiger partial charge is 0.456 e. The van der Waals surface area contributed by atoms with E-state index in [2.05, 4.69) is 9.97 Å². The molecule has 1 aliphatic heterocycles. The number of hydrogen-bond acceptors (Lipinski definition) is 7. The number of fused-ring (bicyclic) bond motifs is 1. The van der Waals surface area contributed by atoms with Crippen LogP contribution in [0.2, 0.25) is 0 Å². The van der Waals surface area contributed by atoms with Gasteiger partial charge in [-0.2, -0.15) is 4.31 Å². The maximum Gasteiger partial charge on any atom is 0.358 e. The van der Waals surface area contributed by atoms with Gasteiger partial charge in [0.15, 0.2) is 5.69 Å². The van der Waals surface area contributed by atoms with E-state index in [9.17, 15) is 13.2 Å². The van der Waals surface area contributed by atoms with Gasteiger partial charge in [0.2, 0.25) is 10.0 Å². The van der Waals surface area contributed by atoms with Crippen molar-refractivity contribution in [3.8, 4) is 0 Å². The zero-order chi connectivity index (χ0) is 20.3. The van der Waals surface area contributed by atoms with Crippen LogP contribution in [0.3, 0.4) is 0 Å². The van der Waals surface area contributed by atoms with Crippen LogP contribution in [0.4, 0.5) is 0 Å². The lowest BCUT2D eigenvalue weighted by atomic mass is 10.2. The van der Waals surface area contributed by atoms with Crippen LogP contribution in [0.5, 0.6) is 0 Å². The molecule has 3 aromatic rings. The van der Waals surface area contributed by atoms with E-state index in [1.165, 1.54) is 22.6 Å². The Hall–Kier alpha value is -2.88. The Morgan fingerprint density at radius 3 is 2.62 bits per heavy atom. The van der Waals surface area contributed by atoms with Crippen molar-refractivity contribution in [1.82, 2.24) is 14.3 Å². The average molecular weight is 413 g/mol. The number of rotatable bonds is 5. The summed E-state index contributed by atoms with van der Waals surface area (Å²) in [5.41, 5.74) is 1.95. The summed E-state index contributed by atoms with van der Waals surface area (Å²) in [7, 11) is -3.61. The van der Waals surface area contributed by atoms with Crippen LogP contribution in [0.15, 0.2) is 59.6 Å². The summed E-state index contributed by atoms with van der Waals surface area (Å²) in [4.78, 5) is 20.9. The van der Waals surface area contributed by atoms with Crippen LogP contribution < -0.4 is 0 Å². The van der Waals surface area contributed by atoms with Gasteiger partial charge in [0, 0.05) is 13.1 Å². The number of benzene rings is 2.